The first-order chi connectivity index (χ1) is 8.57. The lowest BCUT2D eigenvalue weighted by Gasteiger charge is -2.09. The van der Waals surface area contributed by atoms with Crippen LogP contribution in [-0.2, 0) is 6.54 Å². The van der Waals surface area contributed by atoms with Gasteiger partial charge in [-0.25, -0.2) is 4.79 Å². The Bertz CT molecular complexity index is 591. The third-order valence-electron chi connectivity index (χ3n) is 2.95. The minimum Gasteiger partial charge on any atom is -0.478 e. The molecule has 0 aromatic carbocycles. The lowest BCUT2D eigenvalue weighted by atomic mass is 10.2. The van der Waals surface area contributed by atoms with Crippen molar-refractivity contribution in [2.24, 2.45) is 0 Å². The quantitative estimate of drug-likeness (QED) is 0.946. The van der Waals surface area contributed by atoms with E-state index in [2.05, 4.69) is 20.9 Å². The minimum atomic E-state index is -0.915. The highest BCUT2D eigenvalue weighted by Gasteiger charge is 2.23. The molecule has 1 N–H and O–H groups in total. The average Bonchev–Trinajstić information content (AvgIpc) is 2.61. The lowest BCUT2D eigenvalue weighted by Crippen LogP contribution is -2.02. The van der Waals surface area contributed by atoms with Crippen molar-refractivity contribution in [3.05, 3.63) is 40.3 Å². The molecule has 2 aromatic rings. The fraction of sp³-hybridized carbons (Fsp3) is 0.231. The van der Waals surface area contributed by atoms with E-state index in [0.717, 1.165) is 23.5 Å². The molecule has 0 saturated carbocycles. The summed E-state index contributed by atoms with van der Waals surface area (Å²) in [6.45, 7) is 4.54. The zero-order valence-electron chi connectivity index (χ0n) is 10.1. The summed E-state index contributed by atoms with van der Waals surface area (Å²) in [5.41, 5.74) is 2.91. The summed E-state index contributed by atoms with van der Waals surface area (Å²) in [5.74, 6) is -0.915. The van der Waals surface area contributed by atoms with Crippen molar-refractivity contribution in [1.29, 1.82) is 0 Å². The molecule has 4 nitrogen and oxygen atoms in total. The summed E-state index contributed by atoms with van der Waals surface area (Å²) in [4.78, 5) is 15.3. The third kappa shape index (κ3) is 1.95. The third-order valence-corrected chi connectivity index (χ3v) is 3.72. The van der Waals surface area contributed by atoms with Crippen molar-refractivity contribution >= 4 is 21.9 Å². The maximum atomic E-state index is 11.3. The zero-order chi connectivity index (χ0) is 13.3. The molecule has 0 atom stereocenters. The van der Waals surface area contributed by atoms with Crippen LogP contribution in [0.5, 0.6) is 0 Å². The molecule has 18 heavy (non-hydrogen) atoms. The van der Waals surface area contributed by atoms with Crippen molar-refractivity contribution in [3.63, 3.8) is 0 Å². The van der Waals surface area contributed by atoms with Crippen LogP contribution in [0.25, 0.3) is 11.3 Å². The second kappa shape index (κ2) is 4.94. The van der Waals surface area contributed by atoms with Crippen molar-refractivity contribution in [2.45, 2.75) is 20.4 Å². The first kappa shape index (κ1) is 12.8. The molecule has 0 bridgehead atoms. The van der Waals surface area contributed by atoms with Gasteiger partial charge in [-0.2, -0.15) is 0 Å². The molecule has 0 unspecified atom stereocenters. The highest BCUT2D eigenvalue weighted by atomic mass is 79.9. The fourth-order valence-corrected chi connectivity index (χ4v) is 3.03. The van der Waals surface area contributed by atoms with Crippen LogP contribution in [0.4, 0.5) is 0 Å². The van der Waals surface area contributed by atoms with E-state index < -0.39 is 5.97 Å². The Morgan fingerprint density at radius 1 is 1.44 bits per heavy atom. The van der Waals surface area contributed by atoms with Crippen molar-refractivity contribution in [3.8, 4) is 11.3 Å². The zero-order valence-corrected chi connectivity index (χ0v) is 11.7. The van der Waals surface area contributed by atoms with Crippen LogP contribution in [0, 0.1) is 6.92 Å². The van der Waals surface area contributed by atoms with Crippen LogP contribution in [0.1, 0.15) is 23.0 Å². The van der Waals surface area contributed by atoms with Gasteiger partial charge in [0.05, 0.1) is 15.7 Å². The van der Waals surface area contributed by atoms with E-state index in [0.29, 0.717) is 10.0 Å². The second-order valence-corrected chi connectivity index (χ2v) is 4.70. The van der Waals surface area contributed by atoms with E-state index in [1.165, 1.54) is 0 Å². The van der Waals surface area contributed by atoms with E-state index in [1.54, 1.807) is 12.4 Å². The largest absolute Gasteiger partial charge is 0.478 e. The minimum absolute atomic E-state index is 0.323. The van der Waals surface area contributed by atoms with E-state index in [4.69, 9.17) is 0 Å². The number of aromatic carboxylic acids is 1. The van der Waals surface area contributed by atoms with Gasteiger partial charge in [0.1, 0.15) is 0 Å². The Balaban J connectivity index is 2.75. The Hall–Kier alpha value is -1.62. The Morgan fingerprint density at radius 2 is 2.06 bits per heavy atom. The average molecular weight is 309 g/mol. The van der Waals surface area contributed by atoms with E-state index >= 15 is 0 Å². The van der Waals surface area contributed by atoms with Gasteiger partial charge >= 0.3 is 5.97 Å². The van der Waals surface area contributed by atoms with Gasteiger partial charge in [0.25, 0.3) is 0 Å². The van der Waals surface area contributed by atoms with Crippen molar-refractivity contribution in [2.75, 3.05) is 0 Å². The van der Waals surface area contributed by atoms with Crippen LogP contribution in [-0.4, -0.2) is 20.6 Å². The van der Waals surface area contributed by atoms with Gasteiger partial charge in [0, 0.05) is 30.2 Å². The maximum Gasteiger partial charge on any atom is 0.338 e. The molecule has 2 heterocycles. The van der Waals surface area contributed by atoms with Crippen LogP contribution in [0.3, 0.4) is 0 Å². The molecule has 94 valence electrons. The summed E-state index contributed by atoms with van der Waals surface area (Å²) < 4.78 is 2.61. The molecule has 2 rings (SSSR count). The molecule has 2 aromatic heterocycles. The number of hydrogen-bond donors (Lipinski definition) is 1. The van der Waals surface area contributed by atoms with Gasteiger partial charge in [-0.1, -0.05) is 0 Å². The number of aromatic nitrogens is 2. The number of pyridine rings is 1. The molecule has 0 saturated heterocycles. The van der Waals surface area contributed by atoms with Crippen LogP contribution in [0.15, 0.2) is 29.0 Å². The molecule has 0 aliphatic heterocycles. The molecule has 0 fully saturated rings. The van der Waals surface area contributed by atoms with Crippen LogP contribution >= 0.6 is 15.9 Å². The van der Waals surface area contributed by atoms with Gasteiger partial charge in [-0.05, 0) is 41.9 Å². The summed E-state index contributed by atoms with van der Waals surface area (Å²) in [6, 6.07) is 3.74. The van der Waals surface area contributed by atoms with Gasteiger partial charge in [0.15, 0.2) is 0 Å². The summed E-state index contributed by atoms with van der Waals surface area (Å²) in [6.07, 6.45) is 3.40. The maximum absolute atomic E-state index is 11.3. The number of halogens is 1. The number of hydrogen-bond acceptors (Lipinski definition) is 2. The predicted octanol–water partition coefficient (Wildman–Crippen LogP) is 3.34. The monoisotopic (exact) mass is 308 g/mol. The van der Waals surface area contributed by atoms with Gasteiger partial charge in [0.2, 0.25) is 0 Å². The molecule has 0 radical (unpaired) electrons. The SMILES string of the molecule is CCn1c(C)c(C(=O)O)c(Br)c1-c1ccncc1. The number of rotatable bonds is 3. The molecule has 0 amide bonds. The number of carboxylic acids is 1. The Labute approximate surface area is 113 Å². The number of carboxylic acid groups (broad SMARTS) is 1. The first-order valence-corrected chi connectivity index (χ1v) is 6.39. The molecule has 0 aliphatic rings. The molecule has 5 heteroatoms. The summed E-state index contributed by atoms with van der Waals surface area (Å²) >= 11 is 3.41. The molecule has 0 spiro atoms. The number of nitrogens with zero attached hydrogens (tertiary/aromatic N) is 2. The highest BCUT2D eigenvalue weighted by Crippen LogP contribution is 2.35. The van der Waals surface area contributed by atoms with Gasteiger partial charge < -0.3 is 9.67 Å². The lowest BCUT2D eigenvalue weighted by molar-refractivity contribution is 0.0695. The standard InChI is InChI=1S/C13H13BrN2O2/c1-3-16-8(2)10(13(17)18)11(14)12(16)9-4-6-15-7-5-9/h4-7H,3H2,1-2H3,(H,17,18). The number of carbonyl (C=O) groups is 1. The topological polar surface area (TPSA) is 55.1 Å². The second-order valence-electron chi connectivity index (χ2n) is 3.91. The molecular formula is C13H13BrN2O2. The van der Waals surface area contributed by atoms with E-state index in [-0.39, 0.29) is 0 Å². The van der Waals surface area contributed by atoms with Crippen molar-refractivity contribution in [1.82, 2.24) is 9.55 Å². The highest BCUT2D eigenvalue weighted by molar-refractivity contribution is 9.10. The van der Waals surface area contributed by atoms with Crippen molar-refractivity contribution < 1.29 is 9.90 Å². The molecule has 0 aliphatic carbocycles. The van der Waals surface area contributed by atoms with Gasteiger partial charge in [-0.3, -0.25) is 4.98 Å². The van der Waals surface area contributed by atoms with Crippen LogP contribution in [0.2, 0.25) is 0 Å². The van der Waals surface area contributed by atoms with E-state index in [1.807, 2.05) is 30.5 Å². The first-order valence-electron chi connectivity index (χ1n) is 5.60. The normalized spacial score (nSPS) is 10.6. The Morgan fingerprint density at radius 3 is 2.56 bits per heavy atom. The summed E-state index contributed by atoms with van der Waals surface area (Å²) in [7, 11) is 0. The smallest absolute Gasteiger partial charge is 0.338 e. The van der Waals surface area contributed by atoms with Crippen LogP contribution < -0.4 is 0 Å². The Kier molecular flexibility index (Phi) is 3.52. The van der Waals surface area contributed by atoms with Gasteiger partial charge in [-0.15, -0.1) is 0 Å². The van der Waals surface area contributed by atoms with E-state index in [9.17, 15) is 9.90 Å². The fourth-order valence-electron chi connectivity index (χ4n) is 2.13. The predicted molar refractivity (Wildman–Crippen MR) is 72.7 cm³/mol. The molecular weight excluding hydrogens is 296 g/mol. The summed E-state index contributed by atoms with van der Waals surface area (Å²) in [5, 5.41) is 9.27.